The number of esters is 1. The van der Waals surface area contributed by atoms with Crippen LogP contribution in [0.1, 0.15) is 30.6 Å². The SMILES string of the molecule is CC(C)CCOC(=O)c1cc(N)cc(Br)c1. The summed E-state index contributed by atoms with van der Waals surface area (Å²) in [6.45, 7) is 4.62. The monoisotopic (exact) mass is 285 g/mol. The van der Waals surface area contributed by atoms with Crippen LogP contribution >= 0.6 is 15.9 Å². The first-order valence-electron chi connectivity index (χ1n) is 5.22. The first-order chi connectivity index (χ1) is 7.49. The Balaban J connectivity index is 2.59. The minimum Gasteiger partial charge on any atom is -0.462 e. The van der Waals surface area contributed by atoms with Crippen LogP contribution in [-0.2, 0) is 4.74 Å². The third kappa shape index (κ3) is 4.23. The summed E-state index contributed by atoms with van der Waals surface area (Å²) in [6.07, 6.45) is 0.870. The summed E-state index contributed by atoms with van der Waals surface area (Å²) in [5.74, 6) is 0.203. The highest BCUT2D eigenvalue weighted by Gasteiger charge is 2.08. The Bertz CT molecular complexity index is 357. The van der Waals surface area contributed by atoms with Gasteiger partial charge in [-0.1, -0.05) is 29.8 Å². The molecule has 0 spiro atoms. The van der Waals surface area contributed by atoms with Gasteiger partial charge in [0.15, 0.2) is 0 Å². The van der Waals surface area contributed by atoms with Crippen molar-refractivity contribution in [3.63, 3.8) is 0 Å². The number of anilines is 1. The van der Waals surface area contributed by atoms with E-state index in [0.29, 0.717) is 23.8 Å². The number of nitrogen functional groups attached to an aromatic ring is 1. The van der Waals surface area contributed by atoms with Crippen LogP contribution in [0.3, 0.4) is 0 Å². The van der Waals surface area contributed by atoms with Crippen LogP contribution in [0.15, 0.2) is 22.7 Å². The van der Waals surface area contributed by atoms with Gasteiger partial charge in [0.2, 0.25) is 0 Å². The van der Waals surface area contributed by atoms with E-state index >= 15 is 0 Å². The molecule has 0 atom stereocenters. The molecule has 0 fully saturated rings. The molecular weight excluding hydrogens is 270 g/mol. The van der Waals surface area contributed by atoms with Gasteiger partial charge in [0, 0.05) is 10.2 Å². The minimum atomic E-state index is -0.325. The van der Waals surface area contributed by atoms with Gasteiger partial charge in [0.1, 0.15) is 0 Å². The molecule has 3 nitrogen and oxygen atoms in total. The average Bonchev–Trinajstić information content (AvgIpc) is 2.15. The molecule has 0 aromatic heterocycles. The quantitative estimate of drug-likeness (QED) is 0.683. The highest BCUT2D eigenvalue weighted by molar-refractivity contribution is 9.10. The first-order valence-corrected chi connectivity index (χ1v) is 6.01. The number of carbonyl (C=O) groups is 1. The number of nitrogens with two attached hydrogens (primary N) is 1. The molecule has 0 amide bonds. The second kappa shape index (κ2) is 5.89. The van der Waals surface area contributed by atoms with E-state index in [0.717, 1.165) is 10.9 Å². The average molecular weight is 286 g/mol. The van der Waals surface area contributed by atoms with Crippen molar-refractivity contribution in [2.45, 2.75) is 20.3 Å². The summed E-state index contributed by atoms with van der Waals surface area (Å²) in [6, 6.07) is 5.06. The summed E-state index contributed by atoms with van der Waals surface area (Å²) in [5, 5.41) is 0. The second-order valence-corrected chi connectivity index (χ2v) is 5.01. The van der Waals surface area contributed by atoms with Gasteiger partial charge in [-0.05, 0) is 30.5 Å². The van der Waals surface area contributed by atoms with Gasteiger partial charge in [-0.25, -0.2) is 4.79 Å². The topological polar surface area (TPSA) is 52.3 Å². The molecule has 16 heavy (non-hydrogen) atoms. The maximum absolute atomic E-state index is 11.6. The molecular formula is C12H16BrNO2. The molecule has 1 rings (SSSR count). The van der Waals surface area contributed by atoms with Crippen LogP contribution in [-0.4, -0.2) is 12.6 Å². The lowest BCUT2D eigenvalue weighted by Crippen LogP contribution is -2.08. The molecule has 0 saturated carbocycles. The summed E-state index contributed by atoms with van der Waals surface area (Å²) in [4.78, 5) is 11.6. The lowest BCUT2D eigenvalue weighted by Gasteiger charge is -2.07. The van der Waals surface area contributed by atoms with Crippen molar-refractivity contribution in [1.82, 2.24) is 0 Å². The van der Waals surface area contributed by atoms with Crippen LogP contribution in [0.25, 0.3) is 0 Å². The second-order valence-electron chi connectivity index (χ2n) is 4.09. The Hall–Kier alpha value is -1.03. The van der Waals surface area contributed by atoms with Crippen molar-refractivity contribution in [3.8, 4) is 0 Å². The lowest BCUT2D eigenvalue weighted by atomic mass is 10.1. The van der Waals surface area contributed by atoms with Crippen LogP contribution in [0.5, 0.6) is 0 Å². The summed E-state index contributed by atoms with van der Waals surface area (Å²) in [5.41, 5.74) is 6.66. The Morgan fingerprint density at radius 3 is 2.69 bits per heavy atom. The predicted molar refractivity (Wildman–Crippen MR) is 68.3 cm³/mol. The van der Waals surface area contributed by atoms with Gasteiger partial charge in [0.05, 0.1) is 12.2 Å². The molecule has 1 aromatic carbocycles. The number of ether oxygens (including phenoxy) is 1. The number of benzene rings is 1. The molecule has 88 valence electrons. The molecule has 0 heterocycles. The van der Waals surface area contributed by atoms with E-state index in [-0.39, 0.29) is 5.97 Å². The molecule has 2 N–H and O–H groups in total. The van der Waals surface area contributed by atoms with Gasteiger partial charge >= 0.3 is 5.97 Å². The van der Waals surface area contributed by atoms with Gasteiger partial charge < -0.3 is 10.5 Å². The number of carbonyl (C=O) groups excluding carboxylic acids is 1. The van der Waals surface area contributed by atoms with E-state index < -0.39 is 0 Å². The smallest absolute Gasteiger partial charge is 0.338 e. The predicted octanol–water partition coefficient (Wildman–Crippen LogP) is 3.23. The zero-order valence-corrected chi connectivity index (χ0v) is 11.1. The molecule has 0 radical (unpaired) electrons. The molecule has 1 aromatic rings. The summed E-state index contributed by atoms with van der Waals surface area (Å²) < 4.78 is 5.91. The highest BCUT2D eigenvalue weighted by Crippen LogP contribution is 2.18. The lowest BCUT2D eigenvalue weighted by molar-refractivity contribution is 0.0488. The van der Waals surface area contributed by atoms with Gasteiger partial charge in [-0.15, -0.1) is 0 Å². The van der Waals surface area contributed by atoms with E-state index in [9.17, 15) is 4.79 Å². The van der Waals surface area contributed by atoms with Crippen molar-refractivity contribution in [3.05, 3.63) is 28.2 Å². The third-order valence-electron chi connectivity index (χ3n) is 2.08. The van der Waals surface area contributed by atoms with Crippen LogP contribution in [0.4, 0.5) is 5.69 Å². The van der Waals surface area contributed by atoms with E-state index in [4.69, 9.17) is 10.5 Å². The fourth-order valence-electron chi connectivity index (χ4n) is 1.20. The van der Waals surface area contributed by atoms with Crippen LogP contribution in [0, 0.1) is 5.92 Å². The molecule has 0 bridgehead atoms. The summed E-state index contributed by atoms with van der Waals surface area (Å²) >= 11 is 3.28. The van der Waals surface area contributed by atoms with Crippen molar-refractivity contribution in [2.24, 2.45) is 5.92 Å². The zero-order valence-electron chi connectivity index (χ0n) is 9.50. The van der Waals surface area contributed by atoms with Crippen molar-refractivity contribution >= 4 is 27.6 Å². The van der Waals surface area contributed by atoms with E-state index in [1.54, 1.807) is 18.2 Å². The minimum absolute atomic E-state index is 0.325. The Morgan fingerprint density at radius 2 is 2.12 bits per heavy atom. The van der Waals surface area contributed by atoms with Crippen LogP contribution in [0.2, 0.25) is 0 Å². The number of hydrogen-bond acceptors (Lipinski definition) is 3. The molecule has 4 heteroatoms. The highest BCUT2D eigenvalue weighted by atomic mass is 79.9. The number of rotatable bonds is 4. The number of hydrogen-bond donors (Lipinski definition) is 1. The maximum atomic E-state index is 11.6. The van der Waals surface area contributed by atoms with Crippen molar-refractivity contribution in [2.75, 3.05) is 12.3 Å². The third-order valence-corrected chi connectivity index (χ3v) is 2.54. The normalized spacial score (nSPS) is 10.5. The summed E-state index contributed by atoms with van der Waals surface area (Å²) in [7, 11) is 0. The van der Waals surface area contributed by atoms with E-state index in [1.807, 2.05) is 0 Å². The Morgan fingerprint density at radius 1 is 1.44 bits per heavy atom. The standard InChI is InChI=1S/C12H16BrNO2/c1-8(2)3-4-16-12(15)9-5-10(13)7-11(14)6-9/h5-8H,3-4,14H2,1-2H3. The molecule has 0 aliphatic heterocycles. The molecule has 0 saturated heterocycles. The first kappa shape index (κ1) is 13.0. The van der Waals surface area contributed by atoms with Crippen LogP contribution < -0.4 is 5.73 Å². The molecule has 0 aliphatic rings. The van der Waals surface area contributed by atoms with Crippen molar-refractivity contribution < 1.29 is 9.53 Å². The van der Waals surface area contributed by atoms with Gasteiger partial charge in [-0.3, -0.25) is 0 Å². The maximum Gasteiger partial charge on any atom is 0.338 e. The van der Waals surface area contributed by atoms with Crippen molar-refractivity contribution in [1.29, 1.82) is 0 Å². The van der Waals surface area contributed by atoms with Gasteiger partial charge in [-0.2, -0.15) is 0 Å². The Kier molecular flexibility index (Phi) is 4.80. The Labute approximate surface area is 104 Å². The molecule has 0 unspecified atom stereocenters. The zero-order chi connectivity index (χ0) is 12.1. The fraction of sp³-hybridized carbons (Fsp3) is 0.417. The largest absolute Gasteiger partial charge is 0.462 e. The number of halogens is 1. The molecule has 0 aliphatic carbocycles. The fourth-order valence-corrected chi connectivity index (χ4v) is 1.71. The van der Waals surface area contributed by atoms with E-state index in [1.165, 1.54) is 0 Å². The van der Waals surface area contributed by atoms with E-state index in [2.05, 4.69) is 29.8 Å². The van der Waals surface area contributed by atoms with Gasteiger partial charge in [0.25, 0.3) is 0 Å².